The number of carbonyl (C=O) groups excluding carboxylic acids is 1. The molecule has 38 heavy (non-hydrogen) atoms. The Balaban J connectivity index is 1.31. The van der Waals surface area contributed by atoms with Crippen LogP contribution in [0.25, 0.3) is 11.1 Å². The van der Waals surface area contributed by atoms with E-state index in [2.05, 4.69) is 27.0 Å². The summed E-state index contributed by atoms with van der Waals surface area (Å²) in [5.41, 5.74) is 3.18. The van der Waals surface area contributed by atoms with Gasteiger partial charge in [-0.15, -0.1) is 0 Å². The first-order chi connectivity index (χ1) is 18.4. The molecule has 1 saturated heterocycles. The van der Waals surface area contributed by atoms with Crippen LogP contribution in [-0.4, -0.2) is 63.6 Å². The predicted molar refractivity (Wildman–Crippen MR) is 143 cm³/mol. The van der Waals surface area contributed by atoms with E-state index < -0.39 is 11.6 Å². The highest BCUT2D eigenvalue weighted by Crippen LogP contribution is 2.38. The number of benzene rings is 3. The SMILES string of the molecule is CCN1CCN(c2ccc(C(=O)NC3=NCc4cc(-c5c(F)c(OC)cc(OC)c5F)ccc43)cc2)CC1. The van der Waals surface area contributed by atoms with Gasteiger partial charge in [0.05, 0.1) is 26.3 Å². The van der Waals surface area contributed by atoms with Gasteiger partial charge in [0.25, 0.3) is 5.91 Å². The molecule has 0 aromatic heterocycles. The normalized spacial score (nSPS) is 15.2. The zero-order valence-corrected chi connectivity index (χ0v) is 21.7. The van der Waals surface area contributed by atoms with Crippen LogP contribution < -0.4 is 19.7 Å². The Morgan fingerprint density at radius 3 is 2.21 bits per heavy atom. The van der Waals surface area contributed by atoms with Crippen LogP contribution in [0.3, 0.4) is 0 Å². The van der Waals surface area contributed by atoms with Crippen molar-refractivity contribution in [2.24, 2.45) is 4.99 Å². The van der Waals surface area contributed by atoms with E-state index in [-0.39, 0.29) is 29.5 Å². The molecule has 1 N–H and O–H groups in total. The Morgan fingerprint density at radius 2 is 1.61 bits per heavy atom. The number of rotatable bonds is 6. The number of ether oxygens (including phenoxy) is 2. The highest BCUT2D eigenvalue weighted by molar-refractivity contribution is 6.14. The number of amidine groups is 1. The summed E-state index contributed by atoms with van der Waals surface area (Å²) in [6.45, 7) is 7.51. The Morgan fingerprint density at radius 1 is 0.947 bits per heavy atom. The molecule has 0 atom stereocenters. The molecule has 0 aliphatic carbocycles. The number of hydrogen-bond donors (Lipinski definition) is 1. The first kappa shape index (κ1) is 25.7. The molecule has 0 spiro atoms. The summed E-state index contributed by atoms with van der Waals surface area (Å²) in [5.74, 6) is -1.68. The van der Waals surface area contributed by atoms with Crippen molar-refractivity contribution in [2.75, 3.05) is 51.8 Å². The molecule has 3 aromatic carbocycles. The topological polar surface area (TPSA) is 66.4 Å². The molecule has 5 rings (SSSR count). The van der Waals surface area contributed by atoms with Crippen LogP contribution in [0, 0.1) is 11.6 Å². The maximum absolute atomic E-state index is 15.0. The van der Waals surface area contributed by atoms with Crippen LogP contribution >= 0.6 is 0 Å². The number of anilines is 1. The van der Waals surface area contributed by atoms with E-state index >= 15 is 0 Å². The van der Waals surface area contributed by atoms with E-state index in [1.807, 2.05) is 24.3 Å². The van der Waals surface area contributed by atoms with Gasteiger partial charge in [-0.05, 0) is 48.0 Å². The molecule has 1 fully saturated rings. The van der Waals surface area contributed by atoms with Gasteiger partial charge >= 0.3 is 0 Å². The van der Waals surface area contributed by atoms with Gasteiger partial charge in [-0.2, -0.15) is 0 Å². The summed E-state index contributed by atoms with van der Waals surface area (Å²) >= 11 is 0. The second-order valence-corrected chi connectivity index (χ2v) is 9.24. The van der Waals surface area contributed by atoms with Crippen LogP contribution in [-0.2, 0) is 6.54 Å². The number of amides is 1. The molecular weight excluding hydrogens is 490 g/mol. The molecule has 0 saturated carbocycles. The summed E-state index contributed by atoms with van der Waals surface area (Å²) in [6.07, 6.45) is 0. The average molecular weight is 521 g/mol. The lowest BCUT2D eigenvalue weighted by Gasteiger charge is -2.35. The van der Waals surface area contributed by atoms with Crippen molar-refractivity contribution in [1.29, 1.82) is 0 Å². The molecule has 198 valence electrons. The van der Waals surface area contributed by atoms with Gasteiger partial charge in [-0.3, -0.25) is 9.79 Å². The van der Waals surface area contributed by atoms with Crippen LogP contribution in [0.5, 0.6) is 11.5 Å². The van der Waals surface area contributed by atoms with Crippen LogP contribution in [0.1, 0.15) is 28.4 Å². The number of fused-ring (bicyclic) bond motifs is 1. The lowest BCUT2D eigenvalue weighted by Crippen LogP contribution is -2.46. The molecule has 2 heterocycles. The first-order valence-electron chi connectivity index (χ1n) is 12.6. The number of nitrogens with zero attached hydrogens (tertiary/aromatic N) is 3. The van der Waals surface area contributed by atoms with E-state index in [9.17, 15) is 13.6 Å². The van der Waals surface area contributed by atoms with E-state index in [0.717, 1.165) is 44.0 Å². The number of hydrogen-bond acceptors (Lipinski definition) is 6. The minimum Gasteiger partial charge on any atom is -0.494 e. The molecule has 3 aromatic rings. The van der Waals surface area contributed by atoms with Crippen molar-refractivity contribution in [2.45, 2.75) is 13.5 Å². The van der Waals surface area contributed by atoms with Gasteiger partial charge in [0, 0.05) is 49.1 Å². The third-order valence-corrected chi connectivity index (χ3v) is 7.18. The summed E-state index contributed by atoms with van der Waals surface area (Å²) in [5, 5.41) is 2.88. The molecule has 0 bridgehead atoms. The summed E-state index contributed by atoms with van der Waals surface area (Å²) < 4.78 is 40.1. The minimum absolute atomic E-state index is 0.114. The second-order valence-electron chi connectivity index (χ2n) is 9.24. The molecule has 0 unspecified atom stereocenters. The average Bonchev–Trinajstić information content (AvgIpc) is 3.35. The Hall–Kier alpha value is -3.98. The van der Waals surface area contributed by atoms with E-state index in [1.165, 1.54) is 20.3 Å². The number of likely N-dealkylation sites (N-methyl/N-ethyl adjacent to an activating group) is 1. The van der Waals surface area contributed by atoms with Gasteiger partial charge in [0.15, 0.2) is 23.1 Å². The second kappa shape index (κ2) is 10.8. The third kappa shape index (κ3) is 4.81. The maximum Gasteiger partial charge on any atom is 0.256 e. The van der Waals surface area contributed by atoms with E-state index in [0.29, 0.717) is 22.5 Å². The van der Waals surface area contributed by atoms with Gasteiger partial charge in [0.2, 0.25) is 0 Å². The maximum atomic E-state index is 15.0. The van der Waals surface area contributed by atoms with Crippen LogP contribution in [0.4, 0.5) is 14.5 Å². The van der Waals surface area contributed by atoms with Crippen LogP contribution in [0.2, 0.25) is 0 Å². The lowest BCUT2D eigenvalue weighted by atomic mass is 9.98. The van der Waals surface area contributed by atoms with Crippen molar-refractivity contribution in [1.82, 2.24) is 10.2 Å². The first-order valence-corrected chi connectivity index (χ1v) is 12.6. The fourth-order valence-corrected chi connectivity index (χ4v) is 4.93. The smallest absolute Gasteiger partial charge is 0.256 e. The van der Waals surface area contributed by atoms with Crippen molar-refractivity contribution < 1.29 is 23.0 Å². The fourth-order valence-electron chi connectivity index (χ4n) is 4.93. The molecule has 9 heteroatoms. The Bertz CT molecular complexity index is 1360. The molecule has 2 aliphatic rings. The number of methoxy groups -OCH3 is 2. The van der Waals surface area contributed by atoms with Gasteiger partial charge in [-0.25, -0.2) is 8.78 Å². The summed E-state index contributed by atoms with van der Waals surface area (Å²) in [6, 6.07) is 13.7. The van der Waals surface area contributed by atoms with Crippen molar-refractivity contribution in [3.8, 4) is 22.6 Å². The molecule has 7 nitrogen and oxygen atoms in total. The number of carbonyl (C=O) groups is 1. The Labute approximate surface area is 220 Å². The predicted octanol–water partition coefficient (Wildman–Crippen LogP) is 4.48. The molecule has 2 aliphatic heterocycles. The summed E-state index contributed by atoms with van der Waals surface area (Å²) in [4.78, 5) is 22.2. The molecule has 1 amide bonds. The Kier molecular flexibility index (Phi) is 7.28. The largest absolute Gasteiger partial charge is 0.494 e. The van der Waals surface area contributed by atoms with E-state index in [4.69, 9.17) is 9.47 Å². The number of halogens is 2. The zero-order valence-electron chi connectivity index (χ0n) is 21.7. The van der Waals surface area contributed by atoms with E-state index in [1.54, 1.807) is 18.2 Å². The minimum atomic E-state index is -0.811. The van der Waals surface area contributed by atoms with Gasteiger partial charge in [-0.1, -0.05) is 19.1 Å². The van der Waals surface area contributed by atoms with Crippen molar-refractivity contribution >= 4 is 17.4 Å². The van der Waals surface area contributed by atoms with Crippen LogP contribution in [0.15, 0.2) is 53.5 Å². The van der Waals surface area contributed by atoms with Crippen molar-refractivity contribution in [3.63, 3.8) is 0 Å². The highest BCUT2D eigenvalue weighted by Gasteiger charge is 2.25. The molecule has 0 radical (unpaired) electrons. The number of nitrogens with one attached hydrogen (secondary N) is 1. The van der Waals surface area contributed by atoms with Crippen molar-refractivity contribution in [3.05, 3.63) is 76.9 Å². The third-order valence-electron chi connectivity index (χ3n) is 7.18. The number of piperazine rings is 1. The number of aliphatic imine (C=N–C) groups is 1. The van der Waals surface area contributed by atoms with Gasteiger partial charge in [0.1, 0.15) is 5.84 Å². The summed E-state index contributed by atoms with van der Waals surface area (Å²) in [7, 11) is 2.62. The highest BCUT2D eigenvalue weighted by atomic mass is 19.1. The standard InChI is InChI=1S/C29H30F2N4O3/c1-4-34-11-13-35(14-12-34)21-8-5-18(6-9-21)29(36)33-28-22-10-7-19(15-20(22)17-32-28)25-26(30)23(37-2)16-24(38-3)27(25)31/h5-10,15-16H,4,11-14,17H2,1-3H3,(H,32,33,36). The zero-order chi connectivity index (χ0) is 26.8. The monoisotopic (exact) mass is 520 g/mol. The molecular formula is C29H30F2N4O3. The van der Waals surface area contributed by atoms with Gasteiger partial charge < -0.3 is 24.6 Å². The lowest BCUT2D eigenvalue weighted by molar-refractivity contribution is 0.0977. The fraction of sp³-hybridized carbons (Fsp3) is 0.310. The quantitative estimate of drug-likeness (QED) is 0.519.